The molecular weight excluding hydrogens is 264 g/mol. The Hall–Kier alpha value is -1.10. The van der Waals surface area contributed by atoms with Gasteiger partial charge in [0.15, 0.2) is 0 Å². The molecule has 21 heavy (non-hydrogen) atoms. The van der Waals surface area contributed by atoms with E-state index in [2.05, 4.69) is 35.5 Å². The first-order valence-electron chi connectivity index (χ1n) is 7.95. The molecule has 0 bridgehead atoms. The molecule has 0 saturated carbocycles. The van der Waals surface area contributed by atoms with Crippen LogP contribution < -0.4 is 10.1 Å². The highest BCUT2D eigenvalue weighted by molar-refractivity contribution is 5.38. The van der Waals surface area contributed by atoms with E-state index in [1.165, 1.54) is 18.4 Å². The van der Waals surface area contributed by atoms with Gasteiger partial charge < -0.3 is 14.8 Å². The number of fused-ring (bicyclic) bond motifs is 1. The normalized spacial score (nSPS) is 29.7. The minimum Gasteiger partial charge on any atom is -0.492 e. The average Bonchev–Trinajstić information content (AvgIpc) is 2.54. The van der Waals surface area contributed by atoms with Gasteiger partial charge >= 0.3 is 0 Å². The number of ether oxygens (including phenoxy) is 2. The molecular formula is C17H26N2O2. The van der Waals surface area contributed by atoms with Gasteiger partial charge in [-0.15, -0.1) is 0 Å². The molecule has 1 fully saturated rings. The van der Waals surface area contributed by atoms with Crippen LogP contribution in [0, 0.1) is 5.92 Å². The molecule has 1 aromatic carbocycles. The summed E-state index contributed by atoms with van der Waals surface area (Å²) in [7, 11) is 3.85. The lowest BCUT2D eigenvalue weighted by Gasteiger charge is -2.44. The van der Waals surface area contributed by atoms with E-state index in [0.717, 1.165) is 32.1 Å². The third-order valence-electron chi connectivity index (χ3n) is 4.78. The van der Waals surface area contributed by atoms with Gasteiger partial charge in [0.2, 0.25) is 0 Å². The molecule has 2 heterocycles. The molecule has 2 aliphatic rings. The fraction of sp³-hybridized carbons (Fsp3) is 0.647. The maximum Gasteiger partial charge on any atom is 0.124 e. The summed E-state index contributed by atoms with van der Waals surface area (Å²) in [5.41, 5.74) is 1.28. The third kappa shape index (κ3) is 3.07. The van der Waals surface area contributed by atoms with Gasteiger partial charge in [-0.1, -0.05) is 18.2 Å². The van der Waals surface area contributed by atoms with Crippen molar-refractivity contribution in [3.05, 3.63) is 29.8 Å². The Morgan fingerprint density at radius 3 is 3.05 bits per heavy atom. The molecule has 1 saturated heterocycles. The molecule has 1 N–H and O–H groups in total. The van der Waals surface area contributed by atoms with Crippen molar-refractivity contribution < 1.29 is 9.47 Å². The monoisotopic (exact) mass is 290 g/mol. The lowest BCUT2D eigenvalue weighted by molar-refractivity contribution is 0.0305. The van der Waals surface area contributed by atoms with Crippen LogP contribution in [-0.4, -0.2) is 51.4 Å². The number of methoxy groups -OCH3 is 1. The predicted molar refractivity (Wildman–Crippen MR) is 83.7 cm³/mol. The van der Waals surface area contributed by atoms with Crippen molar-refractivity contribution in [2.75, 3.05) is 40.5 Å². The maximum absolute atomic E-state index is 6.00. The van der Waals surface area contributed by atoms with Crippen LogP contribution in [0.3, 0.4) is 0 Å². The Bertz CT molecular complexity index is 464. The smallest absolute Gasteiger partial charge is 0.124 e. The van der Waals surface area contributed by atoms with Gasteiger partial charge in [-0.2, -0.15) is 0 Å². The number of para-hydroxylation sites is 1. The summed E-state index contributed by atoms with van der Waals surface area (Å²) in [6.45, 7) is 3.91. The van der Waals surface area contributed by atoms with Crippen molar-refractivity contribution >= 4 is 0 Å². The van der Waals surface area contributed by atoms with Crippen molar-refractivity contribution in [3.63, 3.8) is 0 Å². The number of likely N-dealkylation sites (tertiary alicyclic amines) is 1. The number of hydrogen-bond donors (Lipinski definition) is 1. The largest absolute Gasteiger partial charge is 0.492 e. The molecule has 4 nitrogen and oxygen atoms in total. The predicted octanol–water partition coefficient (Wildman–Crippen LogP) is 2.07. The Kier molecular flexibility index (Phi) is 4.78. The summed E-state index contributed by atoms with van der Waals surface area (Å²) in [5, 5.41) is 3.50. The minimum atomic E-state index is 0.344. The van der Waals surface area contributed by atoms with Crippen LogP contribution in [0.4, 0.5) is 0 Å². The second kappa shape index (κ2) is 6.77. The number of benzene rings is 1. The Morgan fingerprint density at radius 2 is 2.24 bits per heavy atom. The van der Waals surface area contributed by atoms with Gasteiger partial charge in [-0.25, -0.2) is 0 Å². The maximum atomic E-state index is 6.00. The van der Waals surface area contributed by atoms with E-state index in [0.29, 0.717) is 18.0 Å². The number of piperidine rings is 1. The Morgan fingerprint density at radius 1 is 1.38 bits per heavy atom. The second-order valence-corrected chi connectivity index (χ2v) is 6.14. The summed E-state index contributed by atoms with van der Waals surface area (Å²) >= 11 is 0. The van der Waals surface area contributed by atoms with E-state index in [9.17, 15) is 0 Å². The van der Waals surface area contributed by atoms with Crippen molar-refractivity contribution in [1.82, 2.24) is 10.2 Å². The summed E-state index contributed by atoms with van der Waals surface area (Å²) < 4.78 is 11.4. The van der Waals surface area contributed by atoms with Crippen molar-refractivity contribution in [3.8, 4) is 5.75 Å². The first-order chi connectivity index (χ1) is 10.3. The topological polar surface area (TPSA) is 33.7 Å². The van der Waals surface area contributed by atoms with Gasteiger partial charge in [0.05, 0.1) is 18.7 Å². The molecule has 2 aliphatic heterocycles. The summed E-state index contributed by atoms with van der Waals surface area (Å²) in [4.78, 5) is 2.59. The number of hydrogen-bond acceptors (Lipinski definition) is 4. The lowest BCUT2D eigenvalue weighted by atomic mass is 9.91. The number of nitrogens with zero attached hydrogens (tertiary/aromatic N) is 1. The highest BCUT2D eigenvalue weighted by Gasteiger charge is 2.36. The first-order valence-corrected chi connectivity index (χ1v) is 7.95. The lowest BCUT2D eigenvalue weighted by Crippen LogP contribution is -2.53. The molecule has 0 spiro atoms. The quantitative estimate of drug-likeness (QED) is 0.920. The zero-order valence-electron chi connectivity index (χ0n) is 13.0. The number of likely N-dealkylation sites (N-methyl/N-ethyl adjacent to an activating group) is 1. The van der Waals surface area contributed by atoms with Crippen molar-refractivity contribution in [2.45, 2.75) is 24.9 Å². The zero-order valence-corrected chi connectivity index (χ0v) is 13.0. The Labute approximate surface area is 127 Å². The van der Waals surface area contributed by atoms with Crippen LogP contribution >= 0.6 is 0 Å². The second-order valence-electron chi connectivity index (χ2n) is 6.14. The highest BCUT2D eigenvalue weighted by atomic mass is 16.5. The van der Waals surface area contributed by atoms with E-state index in [1.807, 2.05) is 6.07 Å². The summed E-state index contributed by atoms with van der Waals surface area (Å²) in [6, 6.07) is 9.14. The van der Waals surface area contributed by atoms with E-state index in [1.54, 1.807) is 7.11 Å². The molecule has 3 unspecified atom stereocenters. The Balaban J connectivity index is 1.76. The van der Waals surface area contributed by atoms with E-state index >= 15 is 0 Å². The van der Waals surface area contributed by atoms with Gasteiger partial charge in [-0.3, -0.25) is 4.90 Å². The van der Waals surface area contributed by atoms with E-state index in [4.69, 9.17) is 9.47 Å². The summed E-state index contributed by atoms with van der Waals surface area (Å²) in [6.07, 6.45) is 2.53. The molecule has 116 valence electrons. The van der Waals surface area contributed by atoms with Gasteiger partial charge in [0, 0.05) is 19.2 Å². The molecule has 3 atom stereocenters. The molecule has 0 aromatic heterocycles. The SMILES string of the molecule is CNC1c2ccccc2OCC1N1CCCC(COC)C1. The van der Waals surface area contributed by atoms with Crippen molar-refractivity contribution in [1.29, 1.82) is 0 Å². The molecule has 3 rings (SSSR count). The van der Waals surface area contributed by atoms with Gasteiger partial charge in [0.25, 0.3) is 0 Å². The van der Waals surface area contributed by atoms with Crippen LogP contribution in [0.1, 0.15) is 24.4 Å². The van der Waals surface area contributed by atoms with E-state index < -0.39 is 0 Å². The van der Waals surface area contributed by atoms with E-state index in [-0.39, 0.29) is 0 Å². The number of rotatable bonds is 4. The zero-order chi connectivity index (χ0) is 14.7. The fourth-order valence-corrected chi connectivity index (χ4v) is 3.78. The highest BCUT2D eigenvalue weighted by Crippen LogP contribution is 2.35. The fourth-order valence-electron chi connectivity index (χ4n) is 3.78. The summed E-state index contributed by atoms with van der Waals surface area (Å²) in [5.74, 6) is 1.68. The molecule has 0 amide bonds. The third-order valence-corrected chi connectivity index (χ3v) is 4.78. The van der Waals surface area contributed by atoms with Crippen LogP contribution in [0.25, 0.3) is 0 Å². The number of nitrogens with one attached hydrogen (secondary N) is 1. The molecule has 1 aromatic rings. The van der Waals surface area contributed by atoms with Gasteiger partial charge in [0.1, 0.15) is 12.4 Å². The molecule has 0 radical (unpaired) electrons. The standard InChI is InChI=1S/C17H26N2O2/c1-18-17-14-7-3-4-8-16(14)21-12-15(17)19-9-5-6-13(10-19)11-20-2/h3-4,7-8,13,15,17-18H,5-6,9-12H2,1-2H3. The van der Waals surface area contributed by atoms with Crippen LogP contribution in [0.15, 0.2) is 24.3 Å². The average molecular weight is 290 g/mol. The molecule has 0 aliphatic carbocycles. The van der Waals surface area contributed by atoms with Crippen molar-refractivity contribution in [2.24, 2.45) is 5.92 Å². The minimum absolute atomic E-state index is 0.344. The van der Waals surface area contributed by atoms with Crippen LogP contribution in [0.5, 0.6) is 5.75 Å². The molecule has 4 heteroatoms. The van der Waals surface area contributed by atoms with Crippen LogP contribution in [-0.2, 0) is 4.74 Å². The van der Waals surface area contributed by atoms with Crippen LogP contribution in [0.2, 0.25) is 0 Å². The first kappa shape index (κ1) is 14.8. The van der Waals surface area contributed by atoms with Gasteiger partial charge in [-0.05, 0) is 38.4 Å².